The summed E-state index contributed by atoms with van der Waals surface area (Å²) in [5.74, 6) is -1.20. The zero-order valence-corrected chi connectivity index (χ0v) is 8.37. The highest BCUT2D eigenvalue weighted by Crippen LogP contribution is 1.95. The molecule has 0 aromatic rings. The minimum Gasteiger partial charge on any atom is -0.466 e. The van der Waals surface area contributed by atoms with Gasteiger partial charge in [-0.2, -0.15) is 0 Å². The fourth-order valence-corrected chi connectivity index (χ4v) is 0.729. The average molecular weight is 202 g/mol. The van der Waals surface area contributed by atoms with Crippen molar-refractivity contribution in [2.45, 2.75) is 26.7 Å². The van der Waals surface area contributed by atoms with Gasteiger partial charge in [0.1, 0.15) is 6.61 Å². The number of hydrogen-bond donors (Lipinski definition) is 0. The number of carbonyl (C=O) groups excluding carboxylic acids is 3. The van der Waals surface area contributed by atoms with Crippen LogP contribution < -0.4 is 0 Å². The fourth-order valence-electron chi connectivity index (χ4n) is 0.729. The molecular formula is C9H14O5. The Balaban J connectivity index is 3.53. The lowest BCUT2D eigenvalue weighted by Gasteiger charge is -2.01. The van der Waals surface area contributed by atoms with Gasteiger partial charge in [0.25, 0.3) is 0 Å². The number of carbonyl (C=O) groups is 3. The van der Waals surface area contributed by atoms with Gasteiger partial charge in [-0.3, -0.25) is 14.4 Å². The largest absolute Gasteiger partial charge is 0.466 e. The monoisotopic (exact) mass is 202 g/mol. The molecule has 0 aromatic carbocycles. The first-order chi connectivity index (χ1) is 6.56. The second kappa shape index (κ2) is 7.06. The molecule has 0 unspecified atom stereocenters. The van der Waals surface area contributed by atoms with Crippen LogP contribution in [0.1, 0.15) is 26.7 Å². The lowest BCUT2D eigenvalue weighted by atomic mass is 10.2. The molecule has 0 fully saturated rings. The first-order valence-corrected chi connectivity index (χ1v) is 4.37. The number of rotatable bonds is 6. The summed E-state index contributed by atoms with van der Waals surface area (Å²) in [4.78, 5) is 32.1. The van der Waals surface area contributed by atoms with Crippen LogP contribution in [0.3, 0.4) is 0 Å². The van der Waals surface area contributed by atoms with E-state index in [1.54, 1.807) is 6.92 Å². The molecule has 0 amide bonds. The van der Waals surface area contributed by atoms with Crippen molar-refractivity contribution >= 4 is 17.7 Å². The van der Waals surface area contributed by atoms with Crippen LogP contribution in [-0.2, 0) is 23.9 Å². The molecule has 0 N–H and O–H groups in total. The summed E-state index contributed by atoms with van der Waals surface area (Å²) in [7, 11) is 0. The fraction of sp³-hybridized carbons (Fsp3) is 0.667. The van der Waals surface area contributed by atoms with Gasteiger partial charge >= 0.3 is 11.9 Å². The van der Waals surface area contributed by atoms with E-state index in [2.05, 4.69) is 9.47 Å². The zero-order valence-electron chi connectivity index (χ0n) is 8.37. The molecule has 0 rings (SSSR count). The van der Waals surface area contributed by atoms with Gasteiger partial charge in [-0.25, -0.2) is 0 Å². The molecule has 5 nitrogen and oxygen atoms in total. The summed E-state index contributed by atoms with van der Waals surface area (Å²) >= 11 is 0. The molecule has 0 saturated heterocycles. The lowest BCUT2D eigenvalue weighted by Crippen LogP contribution is -2.14. The molecule has 5 heteroatoms. The predicted molar refractivity (Wildman–Crippen MR) is 47.5 cm³/mol. The molecule has 0 aliphatic rings. The molecule has 0 spiro atoms. The van der Waals surface area contributed by atoms with Crippen molar-refractivity contribution < 1.29 is 23.9 Å². The first-order valence-electron chi connectivity index (χ1n) is 4.37. The molecule has 0 radical (unpaired) electrons. The molecular weight excluding hydrogens is 188 g/mol. The highest BCUT2D eigenvalue weighted by molar-refractivity contribution is 5.85. The zero-order chi connectivity index (χ0) is 11.0. The second-order valence-corrected chi connectivity index (χ2v) is 2.62. The van der Waals surface area contributed by atoms with Crippen LogP contribution in [0.25, 0.3) is 0 Å². The van der Waals surface area contributed by atoms with E-state index in [-0.39, 0.29) is 25.2 Å². The number of ether oxygens (including phenoxy) is 2. The summed E-state index contributed by atoms with van der Waals surface area (Å²) in [6, 6.07) is 0. The van der Waals surface area contributed by atoms with Gasteiger partial charge in [0.15, 0.2) is 5.78 Å². The topological polar surface area (TPSA) is 69.7 Å². The normalized spacial score (nSPS) is 9.29. The van der Waals surface area contributed by atoms with Crippen molar-refractivity contribution in [1.82, 2.24) is 0 Å². The lowest BCUT2D eigenvalue weighted by molar-refractivity contribution is -0.147. The first kappa shape index (κ1) is 12.6. The van der Waals surface area contributed by atoms with E-state index in [0.29, 0.717) is 6.61 Å². The number of hydrogen-bond acceptors (Lipinski definition) is 5. The quantitative estimate of drug-likeness (QED) is 0.585. The molecule has 0 saturated carbocycles. The van der Waals surface area contributed by atoms with Crippen LogP contribution in [0.4, 0.5) is 0 Å². The van der Waals surface area contributed by atoms with Gasteiger partial charge in [0, 0.05) is 13.3 Å². The van der Waals surface area contributed by atoms with Crippen LogP contribution in [0.2, 0.25) is 0 Å². The summed E-state index contributed by atoms with van der Waals surface area (Å²) in [6.07, 6.45) is 0.0834. The maximum absolute atomic E-state index is 11.0. The molecule has 0 bridgehead atoms. The molecule has 0 aromatic heterocycles. The number of esters is 2. The summed E-state index contributed by atoms with van der Waals surface area (Å²) in [5.41, 5.74) is 0. The molecule has 0 aliphatic carbocycles. The van der Waals surface area contributed by atoms with Crippen molar-refractivity contribution in [3.8, 4) is 0 Å². The summed E-state index contributed by atoms with van der Waals surface area (Å²) in [6.45, 7) is 2.95. The van der Waals surface area contributed by atoms with E-state index < -0.39 is 11.9 Å². The number of ketones is 1. The Hall–Kier alpha value is -1.39. The van der Waals surface area contributed by atoms with E-state index in [1.165, 1.54) is 6.92 Å². The van der Waals surface area contributed by atoms with Crippen LogP contribution in [0.15, 0.2) is 0 Å². The van der Waals surface area contributed by atoms with Crippen molar-refractivity contribution in [1.29, 1.82) is 0 Å². The van der Waals surface area contributed by atoms with E-state index >= 15 is 0 Å². The van der Waals surface area contributed by atoms with Gasteiger partial charge in [-0.15, -0.1) is 0 Å². The maximum atomic E-state index is 11.0. The van der Waals surface area contributed by atoms with Gasteiger partial charge in [-0.1, -0.05) is 0 Å². The third-order valence-electron chi connectivity index (χ3n) is 1.35. The van der Waals surface area contributed by atoms with E-state index in [1.807, 2.05) is 0 Å². The smallest absolute Gasteiger partial charge is 0.306 e. The van der Waals surface area contributed by atoms with Crippen molar-refractivity contribution in [3.05, 3.63) is 0 Å². The van der Waals surface area contributed by atoms with Crippen molar-refractivity contribution in [3.63, 3.8) is 0 Å². The highest BCUT2D eigenvalue weighted by Gasteiger charge is 2.08. The summed E-state index contributed by atoms with van der Waals surface area (Å²) in [5, 5.41) is 0. The molecule has 80 valence electrons. The molecule has 14 heavy (non-hydrogen) atoms. The SMILES string of the molecule is CCOC(=O)CCC(=O)COC(C)=O. The van der Waals surface area contributed by atoms with Crippen LogP contribution in [-0.4, -0.2) is 30.9 Å². The standard InChI is InChI=1S/C9H14O5/c1-3-13-9(12)5-4-8(11)6-14-7(2)10/h3-6H2,1-2H3. The minimum atomic E-state index is -0.505. The van der Waals surface area contributed by atoms with Crippen molar-refractivity contribution in [2.75, 3.05) is 13.2 Å². The molecule has 0 heterocycles. The van der Waals surface area contributed by atoms with Crippen LogP contribution in [0, 0.1) is 0 Å². The van der Waals surface area contributed by atoms with Crippen LogP contribution >= 0.6 is 0 Å². The van der Waals surface area contributed by atoms with Crippen molar-refractivity contribution in [2.24, 2.45) is 0 Å². The Kier molecular flexibility index (Phi) is 6.36. The maximum Gasteiger partial charge on any atom is 0.306 e. The van der Waals surface area contributed by atoms with E-state index in [4.69, 9.17) is 0 Å². The highest BCUT2D eigenvalue weighted by atomic mass is 16.5. The minimum absolute atomic E-state index is 0.0357. The Morgan fingerprint density at radius 1 is 1.07 bits per heavy atom. The van der Waals surface area contributed by atoms with Crippen LogP contribution in [0.5, 0.6) is 0 Å². The van der Waals surface area contributed by atoms with Gasteiger partial charge in [0.2, 0.25) is 0 Å². The van der Waals surface area contributed by atoms with Gasteiger partial charge in [0.05, 0.1) is 13.0 Å². The Morgan fingerprint density at radius 2 is 1.71 bits per heavy atom. The summed E-state index contributed by atoms with van der Waals surface area (Å²) < 4.78 is 9.07. The molecule has 0 aliphatic heterocycles. The van der Waals surface area contributed by atoms with E-state index in [9.17, 15) is 14.4 Å². The average Bonchev–Trinajstić information content (AvgIpc) is 2.12. The third-order valence-corrected chi connectivity index (χ3v) is 1.35. The van der Waals surface area contributed by atoms with Gasteiger partial charge < -0.3 is 9.47 Å². The Bertz CT molecular complexity index is 221. The number of Topliss-reactive ketones (excluding diaryl/α,β-unsaturated/α-hetero) is 1. The predicted octanol–water partition coefficient (Wildman–Crippen LogP) is 0.462. The van der Waals surface area contributed by atoms with E-state index in [0.717, 1.165) is 0 Å². The third kappa shape index (κ3) is 7.27. The second-order valence-electron chi connectivity index (χ2n) is 2.62. The van der Waals surface area contributed by atoms with Gasteiger partial charge in [-0.05, 0) is 6.92 Å². The Labute approximate surface area is 82.4 Å². The Morgan fingerprint density at radius 3 is 2.21 bits per heavy atom. The molecule has 0 atom stereocenters.